The first-order chi connectivity index (χ1) is 15.5. The Kier molecular flexibility index (Phi) is 6.26. The molecule has 0 saturated carbocycles. The molecule has 0 spiro atoms. The highest BCUT2D eigenvalue weighted by molar-refractivity contribution is 5.92. The molecule has 2 aromatic carbocycles. The van der Waals surface area contributed by atoms with Crippen LogP contribution in [0.25, 0.3) is 5.65 Å². The Morgan fingerprint density at radius 1 is 0.906 bits per heavy atom. The Labute approximate surface area is 186 Å². The normalized spacial score (nSPS) is 11.8. The molecule has 0 radical (unpaired) electrons. The van der Waals surface area contributed by atoms with Crippen LogP contribution in [0.2, 0.25) is 0 Å². The maximum Gasteiger partial charge on any atom is 0.340 e. The van der Waals surface area contributed by atoms with Crippen LogP contribution in [0.15, 0.2) is 79.0 Å². The number of fused-ring (bicyclic) bond motifs is 1. The summed E-state index contributed by atoms with van der Waals surface area (Å²) in [5.41, 5.74) is 2.98. The molecule has 0 bridgehead atoms. The van der Waals surface area contributed by atoms with Gasteiger partial charge in [0.1, 0.15) is 5.82 Å². The minimum absolute atomic E-state index is 0.257. The van der Waals surface area contributed by atoms with Crippen LogP contribution in [0.3, 0.4) is 0 Å². The van der Waals surface area contributed by atoms with Crippen LogP contribution in [0.4, 0.5) is 0 Å². The molecular formula is C25H24N4O3. The van der Waals surface area contributed by atoms with Crippen LogP contribution in [0.1, 0.15) is 34.2 Å². The highest BCUT2D eigenvalue weighted by Gasteiger charge is 2.25. The minimum Gasteiger partial charge on any atom is -0.449 e. The number of amides is 1. The summed E-state index contributed by atoms with van der Waals surface area (Å²) >= 11 is 0. The summed E-state index contributed by atoms with van der Waals surface area (Å²) in [6.07, 6.45) is 0.684. The largest absolute Gasteiger partial charge is 0.449 e. The number of pyridine rings is 1. The van der Waals surface area contributed by atoms with E-state index < -0.39 is 12.1 Å². The molecule has 162 valence electrons. The SMILES string of the molecule is Cc1nnc2ccc(C(=O)OC(C)C(=O)N(Cc3ccccc3)Cc3ccccc3)cn12. The summed E-state index contributed by atoms with van der Waals surface area (Å²) < 4.78 is 7.24. The van der Waals surface area contributed by atoms with Crippen molar-refractivity contribution >= 4 is 17.5 Å². The summed E-state index contributed by atoms with van der Waals surface area (Å²) in [5.74, 6) is -0.163. The number of rotatable bonds is 7. The molecular weight excluding hydrogens is 404 g/mol. The van der Waals surface area contributed by atoms with E-state index in [2.05, 4.69) is 10.2 Å². The van der Waals surface area contributed by atoms with E-state index in [1.807, 2.05) is 60.7 Å². The van der Waals surface area contributed by atoms with Crippen molar-refractivity contribution in [1.29, 1.82) is 0 Å². The van der Waals surface area contributed by atoms with Gasteiger partial charge in [0.15, 0.2) is 11.8 Å². The fourth-order valence-corrected chi connectivity index (χ4v) is 3.48. The number of nitrogens with zero attached hydrogens (tertiary/aromatic N) is 4. The van der Waals surface area contributed by atoms with Crippen molar-refractivity contribution < 1.29 is 14.3 Å². The minimum atomic E-state index is -0.937. The van der Waals surface area contributed by atoms with E-state index in [0.717, 1.165) is 11.1 Å². The van der Waals surface area contributed by atoms with Crippen LogP contribution in [0.5, 0.6) is 0 Å². The van der Waals surface area contributed by atoms with Gasteiger partial charge < -0.3 is 9.64 Å². The van der Waals surface area contributed by atoms with Gasteiger partial charge in [-0.3, -0.25) is 9.20 Å². The molecule has 0 aliphatic heterocycles. The topological polar surface area (TPSA) is 76.8 Å². The lowest BCUT2D eigenvalue weighted by Crippen LogP contribution is -2.39. The van der Waals surface area contributed by atoms with Crippen molar-refractivity contribution in [1.82, 2.24) is 19.5 Å². The van der Waals surface area contributed by atoms with Gasteiger partial charge in [0.05, 0.1) is 5.56 Å². The molecule has 7 nitrogen and oxygen atoms in total. The molecule has 1 atom stereocenters. The van der Waals surface area contributed by atoms with Crippen molar-refractivity contribution in [2.24, 2.45) is 0 Å². The quantitative estimate of drug-likeness (QED) is 0.418. The summed E-state index contributed by atoms with van der Waals surface area (Å²) in [6, 6.07) is 22.8. The van der Waals surface area contributed by atoms with E-state index in [0.29, 0.717) is 30.1 Å². The number of benzene rings is 2. The summed E-state index contributed by atoms with van der Waals surface area (Å²) in [7, 11) is 0. The van der Waals surface area contributed by atoms with E-state index >= 15 is 0 Å². The average Bonchev–Trinajstić information content (AvgIpc) is 3.19. The highest BCUT2D eigenvalue weighted by Crippen LogP contribution is 2.15. The number of carbonyl (C=O) groups is 2. The molecule has 0 aliphatic rings. The van der Waals surface area contributed by atoms with Crippen LogP contribution < -0.4 is 0 Å². The number of esters is 1. The maximum absolute atomic E-state index is 13.3. The number of aryl methyl sites for hydroxylation is 1. The van der Waals surface area contributed by atoms with Crippen LogP contribution >= 0.6 is 0 Å². The zero-order valence-electron chi connectivity index (χ0n) is 18.0. The third-order valence-electron chi connectivity index (χ3n) is 5.18. The molecule has 0 fully saturated rings. The Morgan fingerprint density at radius 3 is 2.09 bits per heavy atom. The first-order valence-corrected chi connectivity index (χ1v) is 10.4. The molecule has 4 rings (SSSR count). The lowest BCUT2D eigenvalue weighted by atomic mass is 10.1. The van der Waals surface area contributed by atoms with Crippen molar-refractivity contribution in [3.05, 3.63) is 102 Å². The van der Waals surface area contributed by atoms with Crippen molar-refractivity contribution in [2.45, 2.75) is 33.0 Å². The van der Waals surface area contributed by atoms with Crippen LogP contribution in [-0.4, -0.2) is 37.5 Å². The molecule has 4 aromatic rings. The predicted molar refractivity (Wildman–Crippen MR) is 120 cm³/mol. The molecule has 1 amide bonds. The highest BCUT2D eigenvalue weighted by atomic mass is 16.5. The van der Waals surface area contributed by atoms with Gasteiger partial charge in [0.2, 0.25) is 0 Å². The molecule has 7 heteroatoms. The fraction of sp³-hybridized carbons (Fsp3) is 0.200. The molecule has 2 aromatic heterocycles. The maximum atomic E-state index is 13.3. The molecule has 32 heavy (non-hydrogen) atoms. The van der Waals surface area contributed by atoms with Crippen LogP contribution in [0, 0.1) is 6.92 Å². The van der Waals surface area contributed by atoms with Crippen molar-refractivity contribution in [3.8, 4) is 0 Å². The Morgan fingerprint density at radius 2 is 1.50 bits per heavy atom. The Hall–Kier alpha value is -4.00. The van der Waals surface area contributed by atoms with E-state index in [1.165, 1.54) is 0 Å². The molecule has 0 N–H and O–H groups in total. The Bertz CT molecular complexity index is 1180. The van der Waals surface area contributed by atoms with Gasteiger partial charge in [-0.15, -0.1) is 10.2 Å². The van der Waals surface area contributed by atoms with Gasteiger partial charge in [0, 0.05) is 19.3 Å². The lowest BCUT2D eigenvalue weighted by Gasteiger charge is -2.26. The van der Waals surface area contributed by atoms with Gasteiger partial charge in [0.25, 0.3) is 5.91 Å². The summed E-state index contributed by atoms with van der Waals surface area (Å²) in [5, 5.41) is 8.00. The zero-order valence-corrected chi connectivity index (χ0v) is 18.0. The molecule has 1 unspecified atom stereocenters. The Balaban J connectivity index is 1.50. The van der Waals surface area contributed by atoms with Gasteiger partial charge in [-0.25, -0.2) is 4.79 Å². The van der Waals surface area contributed by atoms with Gasteiger partial charge in [-0.2, -0.15) is 0 Å². The number of carbonyl (C=O) groups excluding carboxylic acids is 2. The molecule has 0 saturated heterocycles. The second kappa shape index (κ2) is 9.43. The van der Waals surface area contributed by atoms with Crippen molar-refractivity contribution in [3.63, 3.8) is 0 Å². The second-order valence-electron chi connectivity index (χ2n) is 7.61. The first-order valence-electron chi connectivity index (χ1n) is 10.4. The van der Waals surface area contributed by atoms with Gasteiger partial charge >= 0.3 is 5.97 Å². The predicted octanol–water partition coefficient (Wildman–Crippen LogP) is 3.81. The van der Waals surface area contributed by atoms with E-state index in [9.17, 15) is 9.59 Å². The van der Waals surface area contributed by atoms with E-state index in [4.69, 9.17) is 4.74 Å². The van der Waals surface area contributed by atoms with E-state index in [-0.39, 0.29) is 5.91 Å². The third kappa shape index (κ3) is 4.83. The van der Waals surface area contributed by atoms with E-state index in [1.54, 1.807) is 41.5 Å². The monoisotopic (exact) mass is 428 g/mol. The average molecular weight is 428 g/mol. The smallest absolute Gasteiger partial charge is 0.340 e. The molecule has 2 heterocycles. The zero-order chi connectivity index (χ0) is 22.5. The first kappa shape index (κ1) is 21.2. The number of hydrogen-bond donors (Lipinski definition) is 0. The molecule has 0 aliphatic carbocycles. The van der Waals surface area contributed by atoms with Crippen LogP contribution in [-0.2, 0) is 22.6 Å². The summed E-state index contributed by atoms with van der Waals surface area (Å²) in [4.78, 5) is 27.7. The lowest BCUT2D eigenvalue weighted by molar-refractivity contribution is -0.141. The second-order valence-corrected chi connectivity index (χ2v) is 7.61. The summed E-state index contributed by atoms with van der Waals surface area (Å²) in [6.45, 7) is 4.24. The van der Waals surface area contributed by atoms with Gasteiger partial charge in [-0.05, 0) is 37.1 Å². The number of ether oxygens (including phenoxy) is 1. The standard InChI is InChI=1S/C25H24N4O3/c1-18(32-25(31)22-13-14-23-27-26-19(2)29(23)17-22)24(30)28(15-20-9-5-3-6-10-20)16-21-11-7-4-8-12-21/h3-14,17-18H,15-16H2,1-2H3. The number of aromatic nitrogens is 3. The third-order valence-corrected chi connectivity index (χ3v) is 5.18. The number of hydrogen-bond acceptors (Lipinski definition) is 5. The van der Waals surface area contributed by atoms with Crippen molar-refractivity contribution in [2.75, 3.05) is 0 Å². The van der Waals surface area contributed by atoms with Gasteiger partial charge in [-0.1, -0.05) is 60.7 Å². The fourth-order valence-electron chi connectivity index (χ4n) is 3.48.